The van der Waals surface area contributed by atoms with Crippen molar-refractivity contribution in [2.24, 2.45) is 5.41 Å². The molecule has 0 unspecified atom stereocenters. The summed E-state index contributed by atoms with van der Waals surface area (Å²) in [7, 11) is 0. The minimum Gasteiger partial charge on any atom is -0.491 e. The molecule has 1 N–H and O–H groups in total. The zero-order valence-electron chi connectivity index (χ0n) is 31.9. The standard InChI is InChI=1S/C41H53N7O5/c1-6-51-36-34(33-25(2)7-10-32-31(33)20-42-45-32)29(26-8-9-26)19-30-35(36)43-38(52-28-11-15-46(16-12-28)27-21-50-22-27)44-37(30)47-17-13-41(14-18-47)23-48(24-41)39(49)53-40(3,4)5/h7,10,19-20,26-28H,6,8-9,11-18,21-24H2,1-5H3,(H,42,45). The number of aromatic amines is 1. The van der Waals surface area contributed by atoms with E-state index < -0.39 is 5.60 Å². The number of rotatable bonds is 8. The fourth-order valence-electron chi connectivity index (χ4n) is 8.90. The van der Waals surface area contributed by atoms with Crippen LogP contribution in [0.25, 0.3) is 32.9 Å². The summed E-state index contributed by atoms with van der Waals surface area (Å²) in [5.41, 5.74) is 6.16. The van der Waals surface area contributed by atoms with Crippen LogP contribution < -0.4 is 14.4 Å². The van der Waals surface area contributed by atoms with E-state index in [1.807, 2.05) is 31.9 Å². The van der Waals surface area contributed by atoms with Crippen LogP contribution in [-0.4, -0.2) is 113 Å². The molecule has 9 rings (SSSR count). The number of H-pyrrole nitrogens is 1. The zero-order valence-corrected chi connectivity index (χ0v) is 31.9. The molecule has 1 aliphatic carbocycles. The van der Waals surface area contributed by atoms with Gasteiger partial charge in [0.2, 0.25) is 0 Å². The van der Waals surface area contributed by atoms with Gasteiger partial charge in [0, 0.05) is 61.0 Å². The highest BCUT2D eigenvalue weighted by Crippen LogP contribution is 2.53. The lowest BCUT2D eigenvalue weighted by atomic mass is 9.72. The summed E-state index contributed by atoms with van der Waals surface area (Å²) in [6, 6.07) is 7.58. The fraction of sp³-hybridized carbons (Fsp3) is 0.610. The number of aromatic nitrogens is 4. The number of nitrogens with zero attached hydrogens (tertiary/aromatic N) is 6. The lowest BCUT2D eigenvalue weighted by Gasteiger charge is -2.53. The molecule has 6 heterocycles. The van der Waals surface area contributed by atoms with E-state index in [9.17, 15) is 4.79 Å². The second-order valence-electron chi connectivity index (χ2n) is 17.1. The third-order valence-electron chi connectivity index (χ3n) is 12.0. The van der Waals surface area contributed by atoms with Gasteiger partial charge in [-0.25, -0.2) is 4.79 Å². The number of aryl methyl sites for hydroxylation is 1. The fourth-order valence-corrected chi connectivity index (χ4v) is 8.90. The maximum atomic E-state index is 12.8. The molecular weight excluding hydrogens is 670 g/mol. The molecular formula is C41H53N7O5. The first-order chi connectivity index (χ1) is 25.6. The molecule has 5 aliphatic rings. The number of piperidine rings is 2. The van der Waals surface area contributed by atoms with Gasteiger partial charge in [0.1, 0.15) is 23.0 Å². The smallest absolute Gasteiger partial charge is 0.410 e. The number of hydrogen-bond acceptors (Lipinski definition) is 10. The Balaban J connectivity index is 1.09. The molecule has 4 aromatic rings. The van der Waals surface area contributed by atoms with Crippen molar-refractivity contribution >= 4 is 33.7 Å². The van der Waals surface area contributed by atoms with Crippen LogP contribution in [0, 0.1) is 12.3 Å². The SMILES string of the molecule is CCOc1c(-c2c(C)ccc3[nH]ncc23)c(C2CC2)cc2c(N3CCC4(CC3)CN(C(=O)OC(C)(C)C)C4)nc(OC3CCN(C4COC4)CC3)nc12. The third-order valence-corrected chi connectivity index (χ3v) is 12.0. The van der Waals surface area contributed by atoms with Crippen molar-refractivity contribution in [3.63, 3.8) is 0 Å². The number of hydrogen-bond donors (Lipinski definition) is 1. The molecule has 1 amide bonds. The highest BCUT2D eigenvalue weighted by atomic mass is 16.6. The Bertz CT molecular complexity index is 2010. The van der Waals surface area contributed by atoms with Crippen LogP contribution in [0.4, 0.5) is 10.6 Å². The molecule has 0 bridgehead atoms. The average molecular weight is 724 g/mol. The zero-order chi connectivity index (χ0) is 36.5. The van der Waals surface area contributed by atoms with Gasteiger partial charge in [-0.1, -0.05) is 6.07 Å². The summed E-state index contributed by atoms with van der Waals surface area (Å²) in [6.07, 6.45) is 7.87. The Hall–Kier alpha value is -4.16. The first-order valence-electron chi connectivity index (χ1n) is 19.7. The number of benzene rings is 2. The summed E-state index contributed by atoms with van der Waals surface area (Å²) < 4.78 is 24.6. The van der Waals surface area contributed by atoms with Gasteiger partial charge in [-0.2, -0.15) is 15.1 Å². The summed E-state index contributed by atoms with van der Waals surface area (Å²) >= 11 is 0. The van der Waals surface area contributed by atoms with E-state index in [1.165, 1.54) is 11.1 Å². The topological polar surface area (TPSA) is 118 Å². The maximum Gasteiger partial charge on any atom is 0.410 e. The minimum atomic E-state index is -0.497. The van der Waals surface area contributed by atoms with Gasteiger partial charge in [-0.3, -0.25) is 10.00 Å². The van der Waals surface area contributed by atoms with Crippen LogP contribution in [-0.2, 0) is 9.47 Å². The molecule has 2 aromatic carbocycles. The van der Waals surface area contributed by atoms with Crippen molar-refractivity contribution in [3.05, 3.63) is 35.5 Å². The molecule has 53 heavy (non-hydrogen) atoms. The Labute approximate surface area is 311 Å². The molecule has 4 aliphatic heterocycles. The van der Waals surface area contributed by atoms with Crippen molar-refractivity contribution < 1.29 is 23.7 Å². The van der Waals surface area contributed by atoms with Crippen molar-refractivity contribution in [1.82, 2.24) is 30.0 Å². The van der Waals surface area contributed by atoms with E-state index in [-0.39, 0.29) is 17.6 Å². The van der Waals surface area contributed by atoms with Crippen molar-refractivity contribution in [2.45, 2.75) is 96.8 Å². The Kier molecular flexibility index (Phi) is 8.68. The van der Waals surface area contributed by atoms with Gasteiger partial charge in [0.05, 0.1) is 37.6 Å². The van der Waals surface area contributed by atoms with E-state index in [2.05, 4.69) is 52.0 Å². The molecule has 282 valence electrons. The summed E-state index contributed by atoms with van der Waals surface area (Å²) in [5.74, 6) is 2.17. The first-order valence-corrected chi connectivity index (χ1v) is 19.7. The molecule has 1 spiro atoms. The van der Waals surface area contributed by atoms with E-state index in [4.69, 9.17) is 28.9 Å². The van der Waals surface area contributed by atoms with Crippen LogP contribution >= 0.6 is 0 Å². The number of carbonyl (C=O) groups is 1. The predicted octanol–water partition coefficient (Wildman–Crippen LogP) is 6.84. The summed E-state index contributed by atoms with van der Waals surface area (Å²) in [6.45, 7) is 17.3. The summed E-state index contributed by atoms with van der Waals surface area (Å²) in [5, 5.41) is 9.72. The number of amides is 1. The van der Waals surface area contributed by atoms with Gasteiger partial charge in [0.25, 0.3) is 0 Å². The Morgan fingerprint density at radius 3 is 2.42 bits per heavy atom. The molecule has 0 radical (unpaired) electrons. The van der Waals surface area contributed by atoms with Crippen LogP contribution in [0.15, 0.2) is 24.4 Å². The molecule has 1 saturated carbocycles. The lowest BCUT2D eigenvalue weighted by molar-refractivity contribution is -0.0781. The molecule has 4 saturated heterocycles. The van der Waals surface area contributed by atoms with Gasteiger partial charge >= 0.3 is 12.1 Å². The number of carbonyl (C=O) groups excluding carboxylic acids is 1. The number of ether oxygens (including phenoxy) is 4. The minimum absolute atomic E-state index is 0.0404. The third kappa shape index (κ3) is 6.55. The van der Waals surface area contributed by atoms with E-state index in [0.29, 0.717) is 24.6 Å². The van der Waals surface area contributed by atoms with Crippen molar-refractivity contribution in [2.75, 3.05) is 64.0 Å². The predicted molar refractivity (Wildman–Crippen MR) is 204 cm³/mol. The monoisotopic (exact) mass is 723 g/mol. The van der Waals surface area contributed by atoms with Crippen LogP contribution in [0.2, 0.25) is 0 Å². The van der Waals surface area contributed by atoms with Crippen LogP contribution in [0.5, 0.6) is 11.8 Å². The number of fused-ring (bicyclic) bond motifs is 2. The quantitative estimate of drug-likeness (QED) is 0.207. The largest absolute Gasteiger partial charge is 0.491 e. The molecule has 12 nitrogen and oxygen atoms in total. The molecule has 0 atom stereocenters. The first kappa shape index (κ1) is 34.6. The second-order valence-corrected chi connectivity index (χ2v) is 17.1. The molecule has 12 heteroatoms. The van der Waals surface area contributed by atoms with Gasteiger partial charge in [-0.05, 0) is 108 Å². The van der Waals surface area contributed by atoms with Gasteiger partial charge in [0.15, 0.2) is 5.75 Å². The normalized spacial score (nSPS) is 21.2. The number of anilines is 1. The maximum absolute atomic E-state index is 12.8. The van der Waals surface area contributed by atoms with E-state index in [0.717, 1.165) is 136 Å². The van der Waals surface area contributed by atoms with E-state index in [1.54, 1.807) is 0 Å². The highest BCUT2D eigenvalue weighted by Gasteiger charge is 2.48. The number of nitrogens with one attached hydrogen (secondary N) is 1. The van der Waals surface area contributed by atoms with Crippen LogP contribution in [0.3, 0.4) is 0 Å². The Morgan fingerprint density at radius 2 is 1.75 bits per heavy atom. The Morgan fingerprint density at radius 1 is 1.00 bits per heavy atom. The lowest BCUT2D eigenvalue weighted by Crippen LogP contribution is -2.62. The number of likely N-dealkylation sites (tertiary alicyclic amines) is 2. The average Bonchev–Trinajstić information content (AvgIpc) is 3.83. The van der Waals surface area contributed by atoms with Gasteiger partial charge in [-0.15, -0.1) is 0 Å². The molecule has 2 aromatic heterocycles. The van der Waals surface area contributed by atoms with Crippen LogP contribution in [0.1, 0.15) is 83.3 Å². The van der Waals surface area contributed by atoms with E-state index >= 15 is 0 Å². The summed E-state index contributed by atoms with van der Waals surface area (Å²) in [4.78, 5) is 30.1. The van der Waals surface area contributed by atoms with Gasteiger partial charge < -0.3 is 28.7 Å². The molecule has 5 fully saturated rings. The highest BCUT2D eigenvalue weighted by molar-refractivity contribution is 6.06. The van der Waals surface area contributed by atoms with Crippen molar-refractivity contribution in [1.29, 1.82) is 0 Å². The van der Waals surface area contributed by atoms with Crippen molar-refractivity contribution in [3.8, 4) is 22.9 Å². The second kappa shape index (κ2) is 13.3.